The molecule has 1 amide bonds. The standard InChI is InChI=1S/C23H27NO2/c1-16-7-14-21(17-8-9-17)22(15-16)23(25)24-18-10-12-20(13-11-18)26-19-5-3-2-4-6-19/h2-7,14-15,17-18,20H,8-13H2,1H3,(H,24,25). The molecule has 2 aliphatic rings. The molecule has 0 unspecified atom stereocenters. The molecule has 2 aromatic carbocycles. The third-order valence-corrected chi connectivity index (χ3v) is 5.53. The summed E-state index contributed by atoms with van der Waals surface area (Å²) < 4.78 is 6.06. The zero-order valence-electron chi connectivity index (χ0n) is 15.4. The molecule has 0 radical (unpaired) electrons. The van der Waals surface area contributed by atoms with Crippen LogP contribution in [0.2, 0.25) is 0 Å². The van der Waals surface area contributed by atoms with Gasteiger partial charge in [0, 0.05) is 11.6 Å². The van der Waals surface area contributed by atoms with Crippen molar-refractivity contribution in [1.82, 2.24) is 5.32 Å². The summed E-state index contributed by atoms with van der Waals surface area (Å²) in [6.45, 7) is 2.06. The minimum atomic E-state index is 0.100. The van der Waals surface area contributed by atoms with Gasteiger partial charge in [-0.25, -0.2) is 0 Å². The molecule has 0 atom stereocenters. The summed E-state index contributed by atoms with van der Waals surface area (Å²) in [5.74, 6) is 1.63. The fourth-order valence-electron chi connectivity index (χ4n) is 3.90. The lowest BCUT2D eigenvalue weighted by molar-refractivity contribution is 0.0893. The fourth-order valence-corrected chi connectivity index (χ4v) is 3.90. The Labute approximate surface area is 155 Å². The van der Waals surface area contributed by atoms with Crippen LogP contribution in [0.25, 0.3) is 0 Å². The average Bonchev–Trinajstić information content (AvgIpc) is 3.49. The Kier molecular flexibility index (Phi) is 4.96. The van der Waals surface area contributed by atoms with E-state index in [9.17, 15) is 4.79 Å². The summed E-state index contributed by atoms with van der Waals surface area (Å²) in [4.78, 5) is 12.8. The van der Waals surface area contributed by atoms with Gasteiger partial charge in [0.25, 0.3) is 5.91 Å². The van der Waals surface area contributed by atoms with E-state index in [2.05, 4.69) is 24.4 Å². The number of amides is 1. The Bertz CT molecular complexity index is 759. The number of hydrogen-bond donors (Lipinski definition) is 1. The molecular formula is C23H27NO2. The molecule has 1 N–H and O–H groups in total. The highest BCUT2D eigenvalue weighted by atomic mass is 16.5. The van der Waals surface area contributed by atoms with Gasteiger partial charge in [0.2, 0.25) is 0 Å². The van der Waals surface area contributed by atoms with Crippen LogP contribution >= 0.6 is 0 Å². The first-order valence-electron chi connectivity index (χ1n) is 9.82. The van der Waals surface area contributed by atoms with Crippen molar-refractivity contribution in [3.05, 3.63) is 65.2 Å². The topological polar surface area (TPSA) is 38.3 Å². The largest absolute Gasteiger partial charge is 0.490 e. The number of carbonyl (C=O) groups is 1. The van der Waals surface area contributed by atoms with Crippen LogP contribution in [0.4, 0.5) is 0 Å². The van der Waals surface area contributed by atoms with Gasteiger partial charge in [0.05, 0.1) is 6.10 Å². The Morgan fingerprint density at radius 2 is 1.69 bits per heavy atom. The van der Waals surface area contributed by atoms with Crippen molar-refractivity contribution < 1.29 is 9.53 Å². The quantitative estimate of drug-likeness (QED) is 0.825. The van der Waals surface area contributed by atoms with Crippen molar-refractivity contribution in [2.75, 3.05) is 0 Å². The second-order valence-corrected chi connectivity index (χ2v) is 7.74. The molecule has 0 bridgehead atoms. The number of hydrogen-bond acceptors (Lipinski definition) is 2. The van der Waals surface area contributed by atoms with Gasteiger partial charge >= 0.3 is 0 Å². The number of carbonyl (C=O) groups excluding carboxylic acids is 1. The van der Waals surface area contributed by atoms with Crippen LogP contribution in [-0.4, -0.2) is 18.1 Å². The maximum absolute atomic E-state index is 12.8. The van der Waals surface area contributed by atoms with Gasteiger partial charge in [-0.1, -0.05) is 35.9 Å². The normalized spacial score (nSPS) is 22.7. The number of benzene rings is 2. The Morgan fingerprint density at radius 1 is 0.962 bits per heavy atom. The molecule has 0 aromatic heterocycles. The summed E-state index contributed by atoms with van der Waals surface area (Å²) in [5.41, 5.74) is 3.27. The van der Waals surface area contributed by atoms with Crippen molar-refractivity contribution in [2.24, 2.45) is 0 Å². The van der Waals surface area contributed by atoms with Crippen LogP contribution in [0, 0.1) is 6.92 Å². The lowest BCUT2D eigenvalue weighted by Crippen LogP contribution is -2.40. The van der Waals surface area contributed by atoms with E-state index in [0.717, 1.165) is 42.6 Å². The lowest BCUT2D eigenvalue weighted by Gasteiger charge is -2.29. The predicted octanol–water partition coefficient (Wildman–Crippen LogP) is 4.99. The monoisotopic (exact) mass is 349 g/mol. The van der Waals surface area contributed by atoms with Gasteiger partial charge < -0.3 is 10.1 Å². The van der Waals surface area contributed by atoms with Gasteiger partial charge in [0.1, 0.15) is 5.75 Å². The van der Waals surface area contributed by atoms with Crippen molar-refractivity contribution in [3.63, 3.8) is 0 Å². The molecule has 0 heterocycles. The van der Waals surface area contributed by atoms with Crippen LogP contribution in [0.3, 0.4) is 0 Å². The van der Waals surface area contributed by atoms with Gasteiger partial charge in [-0.2, -0.15) is 0 Å². The minimum absolute atomic E-state index is 0.100. The molecule has 4 rings (SSSR count). The number of rotatable bonds is 5. The van der Waals surface area contributed by atoms with Crippen LogP contribution in [0.1, 0.15) is 65.9 Å². The SMILES string of the molecule is Cc1ccc(C2CC2)c(C(=O)NC2CCC(Oc3ccccc3)CC2)c1. The Morgan fingerprint density at radius 3 is 2.38 bits per heavy atom. The smallest absolute Gasteiger partial charge is 0.251 e. The van der Waals surface area contributed by atoms with E-state index in [0.29, 0.717) is 5.92 Å². The average molecular weight is 349 g/mol. The molecule has 2 fully saturated rings. The first-order chi connectivity index (χ1) is 12.7. The summed E-state index contributed by atoms with van der Waals surface area (Å²) in [7, 11) is 0. The number of para-hydroxylation sites is 1. The van der Waals surface area contributed by atoms with Crippen molar-refractivity contribution >= 4 is 5.91 Å². The fraction of sp³-hybridized carbons (Fsp3) is 0.435. The molecule has 0 saturated heterocycles. The zero-order chi connectivity index (χ0) is 17.9. The van der Waals surface area contributed by atoms with Gasteiger partial charge in [-0.15, -0.1) is 0 Å². The highest BCUT2D eigenvalue weighted by Crippen LogP contribution is 2.42. The molecular weight excluding hydrogens is 322 g/mol. The van der Waals surface area contributed by atoms with Crippen molar-refractivity contribution in [2.45, 2.75) is 63.5 Å². The first kappa shape index (κ1) is 17.1. The van der Waals surface area contributed by atoms with Gasteiger partial charge in [-0.05, 0) is 75.1 Å². The van der Waals surface area contributed by atoms with Crippen molar-refractivity contribution in [1.29, 1.82) is 0 Å². The Hall–Kier alpha value is -2.29. The van der Waals surface area contributed by atoms with E-state index in [1.54, 1.807) is 0 Å². The van der Waals surface area contributed by atoms with Crippen LogP contribution in [0.5, 0.6) is 5.75 Å². The highest BCUT2D eigenvalue weighted by Gasteiger charge is 2.29. The Balaban J connectivity index is 1.33. The highest BCUT2D eigenvalue weighted by molar-refractivity contribution is 5.96. The molecule has 0 spiro atoms. The molecule has 26 heavy (non-hydrogen) atoms. The number of ether oxygens (including phenoxy) is 1. The second kappa shape index (κ2) is 7.53. The maximum Gasteiger partial charge on any atom is 0.251 e. The van der Waals surface area contributed by atoms with E-state index in [1.807, 2.05) is 36.4 Å². The lowest BCUT2D eigenvalue weighted by atomic mass is 9.92. The first-order valence-corrected chi connectivity index (χ1v) is 9.82. The summed E-state index contributed by atoms with van der Waals surface area (Å²) in [5, 5.41) is 3.28. The van der Waals surface area contributed by atoms with E-state index in [-0.39, 0.29) is 18.1 Å². The van der Waals surface area contributed by atoms with Gasteiger partial charge in [0.15, 0.2) is 0 Å². The molecule has 136 valence electrons. The van der Waals surface area contributed by atoms with Crippen molar-refractivity contribution in [3.8, 4) is 5.75 Å². The zero-order valence-corrected chi connectivity index (χ0v) is 15.4. The third kappa shape index (κ3) is 4.09. The molecule has 2 aromatic rings. The van der Waals surface area contributed by atoms with Gasteiger partial charge in [-0.3, -0.25) is 4.79 Å². The number of aryl methyl sites for hydroxylation is 1. The third-order valence-electron chi connectivity index (χ3n) is 5.53. The van der Waals surface area contributed by atoms with Crippen LogP contribution in [-0.2, 0) is 0 Å². The molecule has 3 heteroatoms. The summed E-state index contributed by atoms with van der Waals surface area (Å²) in [6.07, 6.45) is 6.62. The maximum atomic E-state index is 12.8. The summed E-state index contributed by atoms with van der Waals surface area (Å²) >= 11 is 0. The van der Waals surface area contributed by atoms with Crippen LogP contribution < -0.4 is 10.1 Å². The minimum Gasteiger partial charge on any atom is -0.490 e. The van der Waals surface area contributed by atoms with Crippen LogP contribution in [0.15, 0.2) is 48.5 Å². The predicted molar refractivity (Wildman–Crippen MR) is 104 cm³/mol. The second-order valence-electron chi connectivity index (χ2n) is 7.74. The van der Waals surface area contributed by atoms with E-state index < -0.39 is 0 Å². The summed E-state index contributed by atoms with van der Waals surface area (Å²) in [6, 6.07) is 16.6. The van der Waals surface area contributed by atoms with E-state index in [1.165, 1.54) is 18.4 Å². The number of nitrogens with one attached hydrogen (secondary N) is 1. The van der Waals surface area contributed by atoms with E-state index in [4.69, 9.17) is 4.74 Å². The molecule has 0 aliphatic heterocycles. The van der Waals surface area contributed by atoms with E-state index >= 15 is 0 Å². The molecule has 3 nitrogen and oxygen atoms in total. The molecule has 2 aliphatic carbocycles. The molecule has 2 saturated carbocycles.